The third-order valence-corrected chi connectivity index (χ3v) is 2.80. The molecular weight excluding hydrogens is 272 g/mol. The average molecular weight is 288 g/mol. The van der Waals surface area contributed by atoms with E-state index in [0.717, 1.165) is 5.56 Å². The van der Waals surface area contributed by atoms with E-state index in [9.17, 15) is 4.79 Å². The van der Waals surface area contributed by atoms with E-state index in [-0.39, 0.29) is 11.5 Å². The first-order valence-corrected chi connectivity index (χ1v) is 6.22. The van der Waals surface area contributed by atoms with Crippen molar-refractivity contribution in [2.75, 3.05) is 19.6 Å². The summed E-state index contributed by atoms with van der Waals surface area (Å²) in [4.78, 5) is 17.6. The van der Waals surface area contributed by atoms with Crippen molar-refractivity contribution in [3.8, 4) is 11.5 Å². The summed E-state index contributed by atoms with van der Waals surface area (Å²) in [5.41, 5.74) is 4.03. The highest BCUT2D eigenvalue weighted by molar-refractivity contribution is 5.99. The molecule has 0 unspecified atom stereocenters. The van der Waals surface area contributed by atoms with Crippen LogP contribution in [0.15, 0.2) is 40.4 Å². The standard InChI is InChI=1S/C14H16N4O3/c1-9(17-18-14-15-7-6-13(19)16-14)10-4-5-11(20-2)12(8-10)21-3/h4-8H,1-3H3,(H2,15,16,18,19)/b17-9-. The SMILES string of the molecule is COc1ccc(/C(C)=N\Nc2nccc(=O)[nH]2)cc1OC. The van der Waals surface area contributed by atoms with E-state index >= 15 is 0 Å². The van der Waals surface area contributed by atoms with Gasteiger partial charge in [-0.15, -0.1) is 0 Å². The number of anilines is 1. The number of hydrogen-bond donors (Lipinski definition) is 2. The number of hydrazone groups is 1. The number of aromatic nitrogens is 2. The van der Waals surface area contributed by atoms with E-state index in [4.69, 9.17) is 9.47 Å². The van der Waals surface area contributed by atoms with Gasteiger partial charge in [-0.1, -0.05) is 0 Å². The number of H-pyrrole nitrogens is 1. The highest BCUT2D eigenvalue weighted by Gasteiger charge is 2.06. The van der Waals surface area contributed by atoms with E-state index in [1.165, 1.54) is 12.3 Å². The summed E-state index contributed by atoms with van der Waals surface area (Å²) in [6.45, 7) is 1.83. The first-order chi connectivity index (χ1) is 10.1. The Morgan fingerprint density at radius 2 is 2.00 bits per heavy atom. The number of rotatable bonds is 5. The molecule has 7 heteroatoms. The first-order valence-electron chi connectivity index (χ1n) is 6.22. The van der Waals surface area contributed by atoms with Crippen LogP contribution >= 0.6 is 0 Å². The van der Waals surface area contributed by atoms with Crippen LogP contribution in [0.2, 0.25) is 0 Å². The van der Waals surface area contributed by atoms with Crippen molar-refractivity contribution in [3.05, 3.63) is 46.4 Å². The summed E-state index contributed by atoms with van der Waals surface area (Å²) in [5.74, 6) is 1.55. The largest absolute Gasteiger partial charge is 0.493 e. The third-order valence-electron chi connectivity index (χ3n) is 2.80. The molecule has 0 radical (unpaired) electrons. The fourth-order valence-corrected chi connectivity index (χ4v) is 1.69. The second-order valence-corrected chi connectivity index (χ2v) is 4.16. The summed E-state index contributed by atoms with van der Waals surface area (Å²) in [6, 6.07) is 6.81. The van der Waals surface area contributed by atoms with Crippen LogP contribution in [0.1, 0.15) is 12.5 Å². The Balaban J connectivity index is 2.21. The van der Waals surface area contributed by atoms with Gasteiger partial charge in [0.2, 0.25) is 5.95 Å². The van der Waals surface area contributed by atoms with Crippen LogP contribution in [0, 0.1) is 0 Å². The van der Waals surface area contributed by atoms with Crippen LogP contribution in [-0.4, -0.2) is 29.9 Å². The van der Waals surface area contributed by atoms with Crippen LogP contribution in [0.3, 0.4) is 0 Å². The van der Waals surface area contributed by atoms with E-state index in [1.807, 2.05) is 19.1 Å². The molecule has 0 amide bonds. The summed E-state index contributed by atoms with van der Waals surface area (Å²) >= 11 is 0. The number of nitrogens with one attached hydrogen (secondary N) is 2. The first kappa shape index (κ1) is 14.6. The van der Waals surface area contributed by atoms with Gasteiger partial charge >= 0.3 is 0 Å². The quantitative estimate of drug-likeness (QED) is 0.644. The number of aromatic amines is 1. The summed E-state index contributed by atoms with van der Waals surface area (Å²) in [6.07, 6.45) is 1.41. The predicted octanol–water partition coefficient (Wildman–Crippen LogP) is 1.62. The van der Waals surface area contributed by atoms with Crippen molar-refractivity contribution >= 4 is 11.7 Å². The van der Waals surface area contributed by atoms with Crippen LogP contribution in [0.5, 0.6) is 11.5 Å². The normalized spacial score (nSPS) is 11.1. The maximum Gasteiger partial charge on any atom is 0.252 e. The number of ether oxygens (including phenoxy) is 2. The molecule has 1 heterocycles. The molecule has 110 valence electrons. The highest BCUT2D eigenvalue weighted by atomic mass is 16.5. The van der Waals surface area contributed by atoms with Crippen LogP contribution in [0.25, 0.3) is 0 Å². The molecule has 0 atom stereocenters. The molecule has 0 bridgehead atoms. The number of nitrogens with zero attached hydrogens (tertiary/aromatic N) is 2. The lowest BCUT2D eigenvalue weighted by Gasteiger charge is -2.09. The fourth-order valence-electron chi connectivity index (χ4n) is 1.69. The molecule has 7 nitrogen and oxygen atoms in total. The Bertz CT molecular complexity index is 709. The molecule has 0 spiro atoms. The minimum Gasteiger partial charge on any atom is -0.493 e. The zero-order chi connectivity index (χ0) is 15.2. The molecule has 0 aliphatic rings. The zero-order valence-corrected chi connectivity index (χ0v) is 12.0. The van der Waals surface area contributed by atoms with E-state index in [0.29, 0.717) is 17.2 Å². The Morgan fingerprint density at radius 3 is 2.67 bits per heavy atom. The van der Waals surface area contributed by atoms with Gasteiger partial charge in [-0.25, -0.2) is 10.4 Å². The number of hydrogen-bond acceptors (Lipinski definition) is 6. The van der Waals surface area contributed by atoms with Gasteiger partial charge in [-0.2, -0.15) is 5.10 Å². The third kappa shape index (κ3) is 3.59. The summed E-state index contributed by atoms with van der Waals surface area (Å²) < 4.78 is 10.4. The molecule has 21 heavy (non-hydrogen) atoms. The fraction of sp³-hybridized carbons (Fsp3) is 0.214. The molecular formula is C14H16N4O3. The predicted molar refractivity (Wildman–Crippen MR) is 80.2 cm³/mol. The van der Waals surface area contributed by atoms with Crippen molar-refractivity contribution in [1.82, 2.24) is 9.97 Å². The van der Waals surface area contributed by atoms with Gasteiger partial charge in [0, 0.05) is 17.8 Å². The smallest absolute Gasteiger partial charge is 0.252 e. The van der Waals surface area contributed by atoms with Gasteiger partial charge in [0.05, 0.1) is 19.9 Å². The monoisotopic (exact) mass is 288 g/mol. The van der Waals surface area contributed by atoms with Gasteiger partial charge in [0.15, 0.2) is 11.5 Å². The number of benzene rings is 1. The van der Waals surface area contributed by atoms with Crippen LogP contribution < -0.4 is 20.5 Å². The van der Waals surface area contributed by atoms with Gasteiger partial charge in [0.1, 0.15) is 0 Å². The molecule has 1 aromatic heterocycles. The number of methoxy groups -OCH3 is 2. The lowest BCUT2D eigenvalue weighted by atomic mass is 10.1. The van der Waals surface area contributed by atoms with E-state index in [2.05, 4.69) is 20.5 Å². The van der Waals surface area contributed by atoms with Crippen molar-refractivity contribution < 1.29 is 9.47 Å². The van der Waals surface area contributed by atoms with Gasteiger partial charge in [0.25, 0.3) is 5.56 Å². The van der Waals surface area contributed by atoms with Gasteiger partial charge in [-0.3, -0.25) is 9.78 Å². The van der Waals surface area contributed by atoms with Crippen molar-refractivity contribution in [2.45, 2.75) is 6.92 Å². The van der Waals surface area contributed by atoms with Crippen molar-refractivity contribution in [1.29, 1.82) is 0 Å². The van der Waals surface area contributed by atoms with E-state index < -0.39 is 0 Å². The Labute approximate surface area is 121 Å². The molecule has 0 saturated carbocycles. The maximum absolute atomic E-state index is 11.1. The lowest BCUT2D eigenvalue weighted by molar-refractivity contribution is 0.355. The Kier molecular flexibility index (Phi) is 4.55. The minimum absolute atomic E-state index is 0.244. The molecule has 0 aliphatic carbocycles. The molecule has 2 rings (SSSR count). The maximum atomic E-state index is 11.1. The topological polar surface area (TPSA) is 88.6 Å². The molecule has 2 N–H and O–H groups in total. The van der Waals surface area contributed by atoms with Crippen molar-refractivity contribution in [2.24, 2.45) is 5.10 Å². The Hall–Kier alpha value is -2.83. The van der Waals surface area contributed by atoms with Gasteiger partial charge < -0.3 is 9.47 Å². The average Bonchev–Trinajstić information content (AvgIpc) is 2.52. The van der Waals surface area contributed by atoms with Gasteiger partial charge in [-0.05, 0) is 25.1 Å². The van der Waals surface area contributed by atoms with E-state index in [1.54, 1.807) is 20.3 Å². The second kappa shape index (κ2) is 6.56. The van der Waals surface area contributed by atoms with Crippen LogP contribution in [-0.2, 0) is 0 Å². The molecule has 0 saturated heterocycles. The molecule has 2 aromatic rings. The zero-order valence-electron chi connectivity index (χ0n) is 12.0. The second-order valence-electron chi connectivity index (χ2n) is 4.16. The Morgan fingerprint density at radius 1 is 1.24 bits per heavy atom. The molecule has 0 fully saturated rings. The molecule has 0 aliphatic heterocycles. The van der Waals surface area contributed by atoms with Crippen LogP contribution in [0.4, 0.5) is 5.95 Å². The molecule has 1 aromatic carbocycles. The van der Waals surface area contributed by atoms with Crippen molar-refractivity contribution in [3.63, 3.8) is 0 Å². The summed E-state index contributed by atoms with van der Waals surface area (Å²) in [7, 11) is 3.16. The highest BCUT2D eigenvalue weighted by Crippen LogP contribution is 2.27. The lowest BCUT2D eigenvalue weighted by Crippen LogP contribution is -2.09. The minimum atomic E-state index is -0.244. The summed E-state index contributed by atoms with van der Waals surface area (Å²) in [5, 5.41) is 4.17.